The van der Waals surface area contributed by atoms with Gasteiger partial charge >= 0.3 is 0 Å². The third-order valence-corrected chi connectivity index (χ3v) is 1.77. The predicted molar refractivity (Wildman–Crippen MR) is 43.1 cm³/mol. The van der Waals surface area contributed by atoms with E-state index in [1.807, 2.05) is 4.90 Å². The molecule has 0 saturated carbocycles. The van der Waals surface area contributed by atoms with Crippen molar-refractivity contribution in [3.8, 4) is 6.19 Å². The standard InChI is InChI=1S/C7H12N4O/c8-6-10-7(12)5-11-3-1-9-2-4-11/h9H,1-5H2,(H,10,12). The molecular weight excluding hydrogens is 156 g/mol. The van der Waals surface area contributed by atoms with Crippen LogP contribution in [0.2, 0.25) is 0 Å². The number of nitrogens with one attached hydrogen (secondary N) is 2. The molecule has 5 heteroatoms. The van der Waals surface area contributed by atoms with Crippen molar-refractivity contribution in [1.29, 1.82) is 5.26 Å². The molecule has 2 N–H and O–H groups in total. The number of nitriles is 1. The number of carbonyl (C=O) groups is 1. The lowest BCUT2D eigenvalue weighted by molar-refractivity contribution is -0.121. The highest BCUT2D eigenvalue weighted by Gasteiger charge is 2.12. The number of carbonyl (C=O) groups excluding carboxylic acids is 1. The van der Waals surface area contributed by atoms with Gasteiger partial charge in [0.2, 0.25) is 5.91 Å². The molecular formula is C7H12N4O. The van der Waals surface area contributed by atoms with Crippen LogP contribution in [0.1, 0.15) is 0 Å². The Balaban J connectivity index is 2.21. The Hall–Kier alpha value is -1.12. The molecule has 12 heavy (non-hydrogen) atoms. The number of amides is 1. The van der Waals surface area contributed by atoms with Crippen molar-refractivity contribution in [3.05, 3.63) is 0 Å². The second-order valence-corrected chi connectivity index (χ2v) is 2.69. The Morgan fingerprint density at radius 3 is 2.83 bits per heavy atom. The minimum absolute atomic E-state index is 0.223. The van der Waals surface area contributed by atoms with E-state index in [4.69, 9.17) is 5.26 Å². The minimum Gasteiger partial charge on any atom is -0.314 e. The number of hydrogen-bond donors (Lipinski definition) is 2. The van der Waals surface area contributed by atoms with Gasteiger partial charge in [-0.25, -0.2) is 0 Å². The van der Waals surface area contributed by atoms with Gasteiger partial charge in [0.05, 0.1) is 6.54 Å². The highest BCUT2D eigenvalue weighted by Crippen LogP contribution is 1.90. The van der Waals surface area contributed by atoms with Crippen molar-refractivity contribution < 1.29 is 4.79 Å². The molecule has 5 nitrogen and oxygen atoms in total. The fraction of sp³-hybridized carbons (Fsp3) is 0.714. The van der Waals surface area contributed by atoms with Crippen LogP contribution in [-0.2, 0) is 4.79 Å². The largest absolute Gasteiger partial charge is 0.314 e. The van der Waals surface area contributed by atoms with Crippen molar-refractivity contribution in [3.63, 3.8) is 0 Å². The van der Waals surface area contributed by atoms with Gasteiger partial charge in [-0.15, -0.1) is 0 Å². The first-order valence-corrected chi connectivity index (χ1v) is 3.94. The van der Waals surface area contributed by atoms with Crippen molar-refractivity contribution >= 4 is 5.91 Å². The van der Waals surface area contributed by atoms with E-state index in [2.05, 4.69) is 10.6 Å². The second-order valence-electron chi connectivity index (χ2n) is 2.69. The van der Waals surface area contributed by atoms with Crippen LogP contribution in [0, 0.1) is 11.5 Å². The lowest BCUT2D eigenvalue weighted by Gasteiger charge is -2.25. The van der Waals surface area contributed by atoms with Crippen molar-refractivity contribution in [2.45, 2.75) is 0 Å². The summed E-state index contributed by atoms with van der Waals surface area (Å²) < 4.78 is 0. The topological polar surface area (TPSA) is 68.2 Å². The number of piperazine rings is 1. The summed E-state index contributed by atoms with van der Waals surface area (Å²) in [4.78, 5) is 12.9. The molecule has 1 saturated heterocycles. The molecule has 0 atom stereocenters. The first kappa shape index (κ1) is 8.97. The summed E-state index contributed by atoms with van der Waals surface area (Å²) in [6.07, 6.45) is 1.62. The third-order valence-electron chi connectivity index (χ3n) is 1.77. The van der Waals surface area contributed by atoms with E-state index >= 15 is 0 Å². The first-order valence-electron chi connectivity index (χ1n) is 3.94. The molecule has 1 heterocycles. The van der Waals surface area contributed by atoms with Gasteiger partial charge in [-0.1, -0.05) is 0 Å². The van der Waals surface area contributed by atoms with Crippen LogP contribution in [0.3, 0.4) is 0 Å². The number of nitrogens with zero attached hydrogens (tertiary/aromatic N) is 2. The predicted octanol–water partition coefficient (Wildman–Crippen LogP) is -1.51. The first-order chi connectivity index (χ1) is 5.83. The molecule has 0 aromatic heterocycles. The van der Waals surface area contributed by atoms with E-state index in [0.29, 0.717) is 6.54 Å². The molecule has 0 radical (unpaired) electrons. The lowest BCUT2D eigenvalue weighted by Crippen LogP contribution is -2.47. The monoisotopic (exact) mass is 168 g/mol. The van der Waals surface area contributed by atoms with E-state index in [1.54, 1.807) is 6.19 Å². The minimum atomic E-state index is -0.223. The van der Waals surface area contributed by atoms with Crippen LogP contribution >= 0.6 is 0 Å². The number of hydrogen-bond acceptors (Lipinski definition) is 4. The van der Waals surface area contributed by atoms with Gasteiger partial charge in [0.25, 0.3) is 0 Å². The van der Waals surface area contributed by atoms with Crippen LogP contribution in [-0.4, -0.2) is 43.5 Å². The van der Waals surface area contributed by atoms with Crippen LogP contribution in [0.5, 0.6) is 0 Å². The smallest absolute Gasteiger partial charge is 0.247 e. The Morgan fingerprint density at radius 1 is 1.58 bits per heavy atom. The summed E-state index contributed by atoms with van der Waals surface area (Å²) in [7, 11) is 0. The zero-order chi connectivity index (χ0) is 8.81. The van der Waals surface area contributed by atoms with Crippen molar-refractivity contribution in [2.24, 2.45) is 0 Å². The Labute approximate surface area is 71.3 Å². The van der Waals surface area contributed by atoms with Crippen LogP contribution < -0.4 is 10.6 Å². The van der Waals surface area contributed by atoms with Crippen molar-refractivity contribution in [2.75, 3.05) is 32.7 Å². The molecule has 1 aliphatic rings. The molecule has 0 unspecified atom stereocenters. The Kier molecular flexibility index (Phi) is 3.51. The van der Waals surface area contributed by atoms with E-state index in [1.165, 1.54) is 0 Å². The normalized spacial score (nSPS) is 18.2. The summed E-state index contributed by atoms with van der Waals surface area (Å²) in [6, 6.07) is 0. The number of rotatable bonds is 2. The molecule has 0 aromatic carbocycles. The molecule has 1 rings (SSSR count). The van der Waals surface area contributed by atoms with E-state index in [0.717, 1.165) is 26.2 Å². The Bertz CT molecular complexity index is 192. The quantitative estimate of drug-likeness (QED) is 0.388. The van der Waals surface area contributed by atoms with Gasteiger partial charge in [0, 0.05) is 26.2 Å². The fourth-order valence-electron chi connectivity index (χ4n) is 1.17. The van der Waals surface area contributed by atoms with Crippen LogP contribution in [0.4, 0.5) is 0 Å². The molecule has 66 valence electrons. The Morgan fingerprint density at radius 2 is 2.25 bits per heavy atom. The van der Waals surface area contributed by atoms with E-state index < -0.39 is 0 Å². The zero-order valence-electron chi connectivity index (χ0n) is 6.84. The summed E-state index contributed by atoms with van der Waals surface area (Å²) in [5, 5.41) is 13.4. The molecule has 0 bridgehead atoms. The SMILES string of the molecule is N#CNC(=O)CN1CCNCC1. The van der Waals surface area contributed by atoms with Gasteiger partial charge in [-0.2, -0.15) is 5.26 Å². The molecule has 0 aromatic rings. The molecule has 1 fully saturated rings. The van der Waals surface area contributed by atoms with E-state index in [9.17, 15) is 4.79 Å². The van der Waals surface area contributed by atoms with Gasteiger partial charge in [-0.3, -0.25) is 15.0 Å². The average Bonchev–Trinajstić information content (AvgIpc) is 2.06. The summed E-state index contributed by atoms with van der Waals surface area (Å²) in [6.45, 7) is 3.91. The van der Waals surface area contributed by atoms with Gasteiger partial charge < -0.3 is 5.32 Å². The summed E-state index contributed by atoms with van der Waals surface area (Å²) in [5.41, 5.74) is 0. The van der Waals surface area contributed by atoms with Crippen molar-refractivity contribution in [1.82, 2.24) is 15.5 Å². The van der Waals surface area contributed by atoms with Crippen LogP contribution in [0.25, 0.3) is 0 Å². The highest BCUT2D eigenvalue weighted by molar-refractivity contribution is 5.79. The molecule has 1 aliphatic heterocycles. The van der Waals surface area contributed by atoms with E-state index in [-0.39, 0.29) is 5.91 Å². The second kappa shape index (κ2) is 4.70. The van der Waals surface area contributed by atoms with Crippen LogP contribution in [0.15, 0.2) is 0 Å². The fourth-order valence-corrected chi connectivity index (χ4v) is 1.17. The van der Waals surface area contributed by atoms with Gasteiger partial charge in [0.1, 0.15) is 0 Å². The third kappa shape index (κ3) is 2.86. The molecule has 1 amide bonds. The lowest BCUT2D eigenvalue weighted by atomic mass is 10.3. The maximum Gasteiger partial charge on any atom is 0.247 e. The zero-order valence-corrected chi connectivity index (χ0v) is 6.84. The summed E-state index contributed by atoms with van der Waals surface area (Å²) in [5.74, 6) is -0.223. The van der Waals surface area contributed by atoms with Gasteiger partial charge in [0.15, 0.2) is 6.19 Å². The van der Waals surface area contributed by atoms with Gasteiger partial charge in [-0.05, 0) is 0 Å². The maximum atomic E-state index is 10.9. The summed E-state index contributed by atoms with van der Waals surface area (Å²) >= 11 is 0. The highest BCUT2D eigenvalue weighted by atomic mass is 16.1. The maximum absolute atomic E-state index is 10.9. The average molecular weight is 168 g/mol. The molecule has 0 aliphatic carbocycles. The molecule has 0 spiro atoms.